The van der Waals surface area contributed by atoms with E-state index < -0.39 is 5.97 Å². The SMILES string of the molecule is O=C(O)CCCCCCCC1CCCSS1. The zero-order chi connectivity index (χ0) is 11.6. The standard InChI is InChI=1S/C12H22O2S2/c13-12(14)9-5-3-1-2-4-7-11-8-6-10-15-16-11/h11H,1-10H2,(H,13,14). The summed E-state index contributed by atoms with van der Waals surface area (Å²) in [5.74, 6) is 0.673. The first-order valence-corrected chi connectivity index (χ1v) is 8.67. The molecule has 0 saturated carbocycles. The second-order valence-electron chi connectivity index (χ2n) is 4.38. The number of hydrogen-bond donors (Lipinski definition) is 1. The Balaban J connectivity index is 1.82. The molecule has 1 atom stereocenters. The zero-order valence-corrected chi connectivity index (χ0v) is 11.5. The molecule has 1 unspecified atom stereocenters. The van der Waals surface area contributed by atoms with Gasteiger partial charge in [0.25, 0.3) is 0 Å². The van der Waals surface area contributed by atoms with Crippen molar-refractivity contribution in [2.75, 3.05) is 5.75 Å². The van der Waals surface area contributed by atoms with Crippen molar-refractivity contribution in [3.8, 4) is 0 Å². The van der Waals surface area contributed by atoms with E-state index in [0.29, 0.717) is 6.42 Å². The highest BCUT2D eigenvalue weighted by atomic mass is 33.1. The summed E-state index contributed by atoms with van der Waals surface area (Å²) in [5.41, 5.74) is 0. The van der Waals surface area contributed by atoms with Crippen LogP contribution in [0, 0.1) is 0 Å². The summed E-state index contributed by atoms with van der Waals surface area (Å²) in [4.78, 5) is 10.3. The van der Waals surface area contributed by atoms with Gasteiger partial charge in [-0.2, -0.15) is 0 Å². The van der Waals surface area contributed by atoms with Crippen molar-refractivity contribution in [3.05, 3.63) is 0 Å². The average molecular weight is 262 g/mol. The number of rotatable bonds is 8. The normalized spacial score (nSPS) is 20.9. The quantitative estimate of drug-likeness (QED) is 0.521. The van der Waals surface area contributed by atoms with E-state index in [-0.39, 0.29) is 0 Å². The molecule has 1 aliphatic rings. The molecule has 1 N–H and O–H groups in total. The maximum absolute atomic E-state index is 10.3. The molecule has 16 heavy (non-hydrogen) atoms. The third-order valence-electron chi connectivity index (χ3n) is 2.87. The summed E-state index contributed by atoms with van der Waals surface area (Å²) in [7, 11) is 4.10. The van der Waals surface area contributed by atoms with Gasteiger partial charge in [-0.25, -0.2) is 0 Å². The first kappa shape index (κ1) is 14.2. The van der Waals surface area contributed by atoms with Crippen LogP contribution in [0.2, 0.25) is 0 Å². The Morgan fingerprint density at radius 3 is 2.62 bits per heavy atom. The fourth-order valence-corrected chi connectivity index (χ4v) is 4.83. The van der Waals surface area contributed by atoms with Gasteiger partial charge in [0.15, 0.2) is 0 Å². The molecule has 0 aromatic carbocycles. The van der Waals surface area contributed by atoms with Gasteiger partial charge in [-0.1, -0.05) is 47.3 Å². The van der Waals surface area contributed by atoms with Crippen LogP contribution < -0.4 is 0 Å². The number of carboxylic acid groups (broad SMARTS) is 1. The fourth-order valence-electron chi connectivity index (χ4n) is 1.93. The van der Waals surface area contributed by atoms with Gasteiger partial charge in [-0.15, -0.1) is 0 Å². The Morgan fingerprint density at radius 2 is 1.94 bits per heavy atom. The zero-order valence-electron chi connectivity index (χ0n) is 9.82. The fraction of sp³-hybridized carbons (Fsp3) is 0.917. The van der Waals surface area contributed by atoms with Crippen molar-refractivity contribution in [1.29, 1.82) is 0 Å². The lowest BCUT2D eigenvalue weighted by Crippen LogP contribution is -2.05. The van der Waals surface area contributed by atoms with E-state index in [9.17, 15) is 4.79 Å². The second kappa shape index (κ2) is 9.23. The Bertz CT molecular complexity index is 191. The van der Waals surface area contributed by atoms with Crippen LogP contribution in [0.4, 0.5) is 0 Å². The molecule has 1 aliphatic heterocycles. The monoisotopic (exact) mass is 262 g/mol. The Labute approximate surface area is 106 Å². The van der Waals surface area contributed by atoms with Crippen LogP contribution in [-0.4, -0.2) is 22.1 Å². The van der Waals surface area contributed by atoms with Gasteiger partial charge in [0.2, 0.25) is 0 Å². The lowest BCUT2D eigenvalue weighted by atomic mass is 10.1. The maximum atomic E-state index is 10.3. The third kappa shape index (κ3) is 7.44. The highest BCUT2D eigenvalue weighted by Gasteiger charge is 2.13. The van der Waals surface area contributed by atoms with E-state index >= 15 is 0 Å². The van der Waals surface area contributed by atoms with Crippen LogP contribution in [0.15, 0.2) is 0 Å². The van der Waals surface area contributed by atoms with E-state index in [1.54, 1.807) is 0 Å². The first-order valence-electron chi connectivity index (χ1n) is 6.29. The molecule has 0 amide bonds. The van der Waals surface area contributed by atoms with Crippen molar-refractivity contribution in [2.45, 2.75) is 63.0 Å². The van der Waals surface area contributed by atoms with Crippen LogP contribution in [0.1, 0.15) is 57.8 Å². The summed E-state index contributed by atoms with van der Waals surface area (Å²) in [6.45, 7) is 0. The molecule has 4 heteroatoms. The maximum Gasteiger partial charge on any atom is 0.303 e. The Kier molecular flexibility index (Phi) is 8.21. The van der Waals surface area contributed by atoms with Crippen molar-refractivity contribution in [2.24, 2.45) is 0 Å². The number of hydrogen-bond acceptors (Lipinski definition) is 3. The van der Waals surface area contributed by atoms with Crippen molar-refractivity contribution in [1.82, 2.24) is 0 Å². The summed E-state index contributed by atoms with van der Waals surface area (Å²) in [6, 6.07) is 0. The summed E-state index contributed by atoms with van der Waals surface area (Å²) < 4.78 is 0. The van der Waals surface area contributed by atoms with E-state index in [1.165, 1.54) is 44.3 Å². The minimum absolute atomic E-state index is 0.342. The van der Waals surface area contributed by atoms with Crippen molar-refractivity contribution in [3.63, 3.8) is 0 Å². The number of aliphatic carboxylic acids is 1. The Morgan fingerprint density at radius 1 is 1.19 bits per heavy atom. The van der Waals surface area contributed by atoms with E-state index in [4.69, 9.17) is 5.11 Å². The smallest absolute Gasteiger partial charge is 0.303 e. The van der Waals surface area contributed by atoms with E-state index in [1.807, 2.05) is 10.8 Å². The van der Waals surface area contributed by atoms with Crippen molar-refractivity contribution >= 4 is 27.6 Å². The number of carboxylic acids is 1. The largest absolute Gasteiger partial charge is 0.481 e. The summed E-state index contributed by atoms with van der Waals surface area (Å²) in [5, 5.41) is 9.37. The minimum atomic E-state index is -0.657. The molecule has 1 rings (SSSR count). The summed E-state index contributed by atoms with van der Waals surface area (Å²) >= 11 is 0. The van der Waals surface area contributed by atoms with E-state index in [2.05, 4.69) is 10.8 Å². The Hall–Kier alpha value is 0.170. The van der Waals surface area contributed by atoms with Crippen LogP contribution in [-0.2, 0) is 4.79 Å². The van der Waals surface area contributed by atoms with Crippen LogP contribution >= 0.6 is 21.6 Å². The number of unbranched alkanes of at least 4 members (excludes halogenated alkanes) is 4. The number of carbonyl (C=O) groups is 1. The molecule has 0 aromatic heterocycles. The van der Waals surface area contributed by atoms with Gasteiger partial charge in [0, 0.05) is 17.4 Å². The van der Waals surface area contributed by atoms with Gasteiger partial charge in [0.1, 0.15) is 0 Å². The predicted molar refractivity (Wildman–Crippen MR) is 73.0 cm³/mol. The van der Waals surface area contributed by atoms with Gasteiger partial charge < -0.3 is 5.11 Å². The third-order valence-corrected chi connectivity index (χ3v) is 5.93. The second-order valence-corrected chi connectivity index (χ2v) is 7.17. The minimum Gasteiger partial charge on any atom is -0.481 e. The predicted octanol–water partition coefficient (Wildman–Crippen LogP) is 4.35. The van der Waals surface area contributed by atoms with Gasteiger partial charge in [0.05, 0.1) is 0 Å². The van der Waals surface area contributed by atoms with E-state index in [0.717, 1.165) is 18.1 Å². The molecular weight excluding hydrogens is 240 g/mol. The lowest BCUT2D eigenvalue weighted by molar-refractivity contribution is -0.137. The molecule has 1 fully saturated rings. The molecule has 1 heterocycles. The first-order chi connectivity index (χ1) is 7.79. The molecule has 0 aromatic rings. The summed E-state index contributed by atoms with van der Waals surface area (Å²) in [6.07, 6.45) is 10.2. The highest BCUT2D eigenvalue weighted by Crippen LogP contribution is 2.38. The molecular formula is C12H22O2S2. The lowest BCUT2D eigenvalue weighted by Gasteiger charge is -2.19. The molecule has 0 spiro atoms. The van der Waals surface area contributed by atoms with Gasteiger partial charge >= 0.3 is 5.97 Å². The molecule has 1 saturated heterocycles. The van der Waals surface area contributed by atoms with Gasteiger partial charge in [-0.3, -0.25) is 4.79 Å². The molecule has 94 valence electrons. The van der Waals surface area contributed by atoms with Crippen molar-refractivity contribution < 1.29 is 9.90 Å². The molecule has 0 radical (unpaired) electrons. The van der Waals surface area contributed by atoms with Crippen LogP contribution in [0.25, 0.3) is 0 Å². The highest BCUT2D eigenvalue weighted by molar-refractivity contribution is 8.77. The topological polar surface area (TPSA) is 37.3 Å². The van der Waals surface area contributed by atoms with Crippen LogP contribution in [0.5, 0.6) is 0 Å². The molecule has 0 aliphatic carbocycles. The van der Waals surface area contributed by atoms with Gasteiger partial charge in [-0.05, 0) is 25.7 Å². The average Bonchev–Trinajstić information content (AvgIpc) is 2.29. The van der Waals surface area contributed by atoms with Crippen LogP contribution in [0.3, 0.4) is 0 Å². The molecule has 2 nitrogen and oxygen atoms in total. The molecule has 0 bridgehead atoms.